The van der Waals surface area contributed by atoms with Gasteiger partial charge in [-0.05, 0) is 5.92 Å². The van der Waals surface area contributed by atoms with Crippen molar-refractivity contribution in [1.82, 2.24) is 10.2 Å². The summed E-state index contributed by atoms with van der Waals surface area (Å²) in [5, 5.41) is 6.12. The van der Waals surface area contributed by atoms with Gasteiger partial charge in [-0.2, -0.15) is 5.10 Å². The molecule has 0 saturated heterocycles. The van der Waals surface area contributed by atoms with Gasteiger partial charge in [0.05, 0.1) is 11.9 Å². The Morgan fingerprint density at radius 1 is 1.64 bits per heavy atom. The molecule has 1 aromatic heterocycles. The lowest BCUT2D eigenvalue weighted by molar-refractivity contribution is 0.559. The van der Waals surface area contributed by atoms with Crippen LogP contribution in [-0.4, -0.2) is 23.8 Å². The summed E-state index contributed by atoms with van der Waals surface area (Å²) >= 11 is 0. The molecule has 1 atom stereocenters. The number of aromatic amines is 1. The van der Waals surface area contributed by atoms with E-state index < -0.39 is 0 Å². The number of nitrogens with one attached hydrogen (secondary N) is 1. The third-order valence-electron chi connectivity index (χ3n) is 2.37. The zero-order chi connectivity index (χ0) is 10.6. The predicted molar refractivity (Wildman–Crippen MR) is 57.6 cm³/mol. The Balaban J connectivity index is 2.69. The second-order valence-corrected chi connectivity index (χ2v) is 3.70. The van der Waals surface area contributed by atoms with Gasteiger partial charge < -0.3 is 4.90 Å². The van der Waals surface area contributed by atoms with Crippen LogP contribution in [0.25, 0.3) is 0 Å². The van der Waals surface area contributed by atoms with Gasteiger partial charge in [0.25, 0.3) is 5.56 Å². The molecule has 1 N–H and O–H groups in total. The quantitative estimate of drug-likeness (QED) is 0.786. The molecule has 0 spiro atoms. The Kier molecular flexibility index (Phi) is 3.68. The lowest BCUT2D eigenvalue weighted by Gasteiger charge is -2.21. The number of hydrogen-bond acceptors (Lipinski definition) is 3. The third-order valence-corrected chi connectivity index (χ3v) is 2.37. The van der Waals surface area contributed by atoms with Crippen LogP contribution in [0.5, 0.6) is 0 Å². The fourth-order valence-electron chi connectivity index (χ4n) is 1.28. The summed E-state index contributed by atoms with van der Waals surface area (Å²) in [7, 11) is 1.97. The highest BCUT2D eigenvalue weighted by Crippen LogP contribution is 2.10. The van der Waals surface area contributed by atoms with Crippen LogP contribution in [0.3, 0.4) is 0 Å². The van der Waals surface area contributed by atoms with E-state index in [-0.39, 0.29) is 5.56 Å². The van der Waals surface area contributed by atoms with Crippen LogP contribution in [0.1, 0.15) is 20.3 Å². The fourth-order valence-corrected chi connectivity index (χ4v) is 1.28. The van der Waals surface area contributed by atoms with Crippen molar-refractivity contribution in [2.24, 2.45) is 5.92 Å². The largest absolute Gasteiger partial charge is 0.373 e. The first-order chi connectivity index (χ1) is 6.63. The first-order valence-electron chi connectivity index (χ1n) is 4.89. The van der Waals surface area contributed by atoms with E-state index in [1.54, 1.807) is 12.3 Å². The van der Waals surface area contributed by atoms with Crippen LogP contribution in [0.2, 0.25) is 0 Å². The van der Waals surface area contributed by atoms with Gasteiger partial charge in [-0.25, -0.2) is 5.10 Å². The topological polar surface area (TPSA) is 49.0 Å². The molecule has 1 aromatic rings. The average Bonchev–Trinajstić information content (AvgIpc) is 2.17. The maximum absolute atomic E-state index is 11.0. The van der Waals surface area contributed by atoms with Gasteiger partial charge >= 0.3 is 0 Å². The second kappa shape index (κ2) is 4.79. The monoisotopic (exact) mass is 195 g/mol. The van der Waals surface area contributed by atoms with Crippen molar-refractivity contribution in [3.8, 4) is 0 Å². The molecule has 0 amide bonds. The Bertz CT molecular complexity index is 334. The van der Waals surface area contributed by atoms with Crippen molar-refractivity contribution in [2.45, 2.75) is 20.3 Å². The van der Waals surface area contributed by atoms with E-state index in [1.807, 2.05) is 7.05 Å². The van der Waals surface area contributed by atoms with Gasteiger partial charge in [-0.1, -0.05) is 20.3 Å². The molecule has 0 aliphatic heterocycles. The molecule has 4 nitrogen and oxygen atoms in total. The molecule has 0 saturated carbocycles. The Morgan fingerprint density at radius 3 is 2.93 bits per heavy atom. The van der Waals surface area contributed by atoms with Gasteiger partial charge in [-0.3, -0.25) is 4.79 Å². The molecule has 0 aromatic carbocycles. The standard InChI is InChI=1S/C10H17N3O/c1-4-8(2)7-13(3)9-5-10(14)12-11-6-9/h5-6,8H,4,7H2,1-3H3,(H,12,14). The summed E-state index contributed by atoms with van der Waals surface area (Å²) < 4.78 is 0. The van der Waals surface area contributed by atoms with Gasteiger partial charge in [0.2, 0.25) is 0 Å². The van der Waals surface area contributed by atoms with E-state index in [2.05, 4.69) is 28.9 Å². The van der Waals surface area contributed by atoms with E-state index in [0.717, 1.165) is 18.7 Å². The summed E-state index contributed by atoms with van der Waals surface area (Å²) in [6.45, 7) is 5.30. The summed E-state index contributed by atoms with van der Waals surface area (Å²) in [6, 6.07) is 1.56. The van der Waals surface area contributed by atoms with E-state index in [9.17, 15) is 4.79 Å². The molecule has 4 heteroatoms. The van der Waals surface area contributed by atoms with E-state index in [4.69, 9.17) is 0 Å². The van der Waals surface area contributed by atoms with E-state index in [0.29, 0.717) is 5.92 Å². The zero-order valence-electron chi connectivity index (χ0n) is 8.95. The van der Waals surface area contributed by atoms with Crippen LogP contribution >= 0.6 is 0 Å². The third kappa shape index (κ3) is 2.87. The van der Waals surface area contributed by atoms with Crippen molar-refractivity contribution < 1.29 is 0 Å². The number of aromatic nitrogens is 2. The second-order valence-electron chi connectivity index (χ2n) is 3.70. The molecule has 1 rings (SSSR count). The minimum Gasteiger partial charge on any atom is -0.373 e. The molecule has 1 heterocycles. The average molecular weight is 195 g/mol. The van der Waals surface area contributed by atoms with Crippen molar-refractivity contribution in [1.29, 1.82) is 0 Å². The van der Waals surface area contributed by atoms with E-state index >= 15 is 0 Å². The minimum absolute atomic E-state index is 0.154. The van der Waals surface area contributed by atoms with Crippen LogP contribution in [0, 0.1) is 5.92 Å². The van der Waals surface area contributed by atoms with E-state index in [1.165, 1.54) is 0 Å². The first-order valence-corrected chi connectivity index (χ1v) is 4.89. The number of anilines is 1. The van der Waals surface area contributed by atoms with Gasteiger partial charge in [-0.15, -0.1) is 0 Å². The Labute approximate surface area is 84.0 Å². The smallest absolute Gasteiger partial charge is 0.266 e. The molecular formula is C10H17N3O. The van der Waals surface area contributed by atoms with Crippen LogP contribution in [0.4, 0.5) is 5.69 Å². The maximum Gasteiger partial charge on any atom is 0.266 e. The fraction of sp³-hybridized carbons (Fsp3) is 0.600. The highest BCUT2D eigenvalue weighted by Gasteiger charge is 2.05. The molecule has 0 aliphatic carbocycles. The predicted octanol–water partition coefficient (Wildman–Crippen LogP) is 1.25. The van der Waals surface area contributed by atoms with Gasteiger partial charge in [0.1, 0.15) is 0 Å². The molecule has 0 radical (unpaired) electrons. The highest BCUT2D eigenvalue weighted by molar-refractivity contribution is 5.41. The molecular weight excluding hydrogens is 178 g/mol. The van der Waals surface area contributed by atoms with Crippen molar-refractivity contribution >= 4 is 5.69 Å². The molecule has 0 aliphatic rings. The SMILES string of the molecule is CCC(C)CN(C)c1cn[nH]c(=O)c1. The molecule has 0 fully saturated rings. The van der Waals surface area contributed by atoms with Crippen LogP contribution in [0.15, 0.2) is 17.1 Å². The van der Waals surface area contributed by atoms with Crippen molar-refractivity contribution in [2.75, 3.05) is 18.5 Å². The summed E-state index contributed by atoms with van der Waals surface area (Å²) in [5.41, 5.74) is 0.715. The molecule has 78 valence electrons. The Morgan fingerprint density at radius 2 is 2.36 bits per heavy atom. The summed E-state index contributed by atoms with van der Waals surface area (Å²) in [5.74, 6) is 0.624. The number of H-pyrrole nitrogens is 1. The minimum atomic E-state index is -0.154. The van der Waals surface area contributed by atoms with Crippen molar-refractivity contribution in [3.63, 3.8) is 0 Å². The zero-order valence-corrected chi connectivity index (χ0v) is 8.95. The summed E-state index contributed by atoms with van der Waals surface area (Å²) in [6.07, 6.45) is 2.81. The normalized spacial score (nSPS) is 12.5. The first kappa shape index (κ1) is 10.8. The highest BCUT2D eigenvalue weighted by atomic mass is 16.1. The molecule has 0 bridgehead atoms. The number of hydrogen-bond donors (Lipinski definition) is 1. The lowest BCUT2D eigenvalue weighted by Crippen LogP contribution is -2.25. The lowest BCUT2D eigenvalue weighted by atomic mass is 10.1. The van der Waals surface area contributed by atoms with Crippen molar-refractivity contribution in [3.05, 3.63) is 22.6 Å². The van der Waals surface area contributed by atoms with Gasteiger partial charge in [0, 0.05) is 19.7 Å². The molecule has 14 heavy (non-hydrogen) atoms. The van der Waals surface area contributed by atoms with Gasteiger partial charge in [0.15, 0.2) is 0 Å². The number of rotatable bonds is 4. The number of nitrogens with zero attached hydrogens (tertiary/aromatic N) is 2. The Hall–Kier alpha value is -1.32. The van der Waals surface area contributed by atoms with Crippen LogP contribution < -0.4 is 10.5 Å². The maximum atomic E-state index is 11.0. The van der Waals surface area contributed by atoms with Crippen LogP contribution in [-0.2, 0) is 0 Å². The summed E-state index contributed by atoms with van der Waals surface area (Å²) in [4.78, 5) is 13.1. The molecule has 1 unspecified atom stereocenters.